The molecule has 1 unspecified atom stereocenters. The largest absolute Gasteiger partial charge is 0.480 e. The fourth-order valence-corrected chi connectivity index (χ4v) is 3.68. The minimum atomic E-state index is -4.98. The molecular weight excluding hydrogens is 637 g/mol. The van der Waals surface area contributed by atoms with Crippen molar-refractivity contribution in [1.29, 1.82) is 5.26 Å². The van der Waals surface area contributed by atoms with Crippen LogP contribution in [0.4, 0.5) is 13.2 Å². The number of nitriles is 1. The molecule has 0 saturated carbocycles. The number of methoxy groups -OCH3 is 1. The maximum atomic E-state index is 13.6. The summed E-state index contributed by atoms with van der Waals surface area (Å²) in [5.74, 6) is -1.23. The van der Waals surface area contributed by atoms with Gasteiger partial charge in [0.25, 0.3) is 5.56 Å². The molecule has 3 rings (SSSR count). The molecule has 36 heavy (non-hydrogen) atoms. The summed E-state index contributed by atoms with van der Waals surface area (Å²) in [6, 6.07) is 6.99. The highest BCUT2D eigenvalue weighted by atomic mass is 127. The number of rotatable bonds is 8. The van der Waals surface area contributed by atoms with Gasteiger partial charge in [-0.1, -0.05) is 25.4 Å². The van der Waals surface area contributed by atoms with E-state index in [0.717, 1.165) is 17.0 Å². The molecule has 0 radical (unpaired) electrons. The van der Waals surface area contributed by atoms with Crippen LogP contribution in [0.25, 0.3) is 0 Å². The highest BCUT2D eigenvalue weighted by Crippen LogP contribution is 2.35. The van der Waals surface area contributed by atoms with Crippen LogP contribution in [-0.4, -0.2) is 26.9 Å². The van der Waals surface area contributed by atoms with Crippen LogP contribution >= 0.6 is 40.1 Å². The van der Waals surface area contributed by atoms with E-state index >= 15 is 0 Å². The zero-order valence-corrected chi connectivity index (χ0v) is 23.0. The fraction of sp³-hybridized carbons (Fsp3) is 0.286. The highest BCUT2D eigenvalue weighted by Gasteiger charge is 2.39. The molecule has 0 aliphatic heterocycles. The minimum absolute atomic E-state index is 0.0368. The van der Waals surface area contributed by atoms with Crippen LogP contribution in [0.3, 0.4) is 0 Å². The topological polar surface area (TPSA) is 112 Å². The lowest BCUT2D eigenvalue weighted by molar-refractivity contribution is -0.142. The first-order valence-electron chi connectivity index (χ1n) is 10.1. The third-order valence-corrected chi connectivity index (χ3v) is 5.58. The number of nitrogens with zero attached hydrogens (tertiary/aromatic N) is 5. The summed E-state index contributed by atoms with van der Waals surface area (Å²) in [4.78, 5) is 16.4. The second-order valence-corrected chi connectivity index (χ2v) is 8.68. The molecule has 0 fully saturated rings. The Kier molecular flexibility index (Phi) is 11.3. The molecule has 0 spiro atoms. The predicted octanol–water partition coefficient (Wildman–Crippen LogP) is 5.91. The lowest BCUT2D eigenvalue weighted by atomic mass is 10.2. The number of hydrogen-bond donors (Lipinski definition) is 0. The Bertz CT molecular complexity index is 1300. The van der Waals surface area contributed by atoms with Gasteiger partial charge in [0.2, 0.25) is 11.6 Å². The van der Waals surface area contributed by atoms with E-state index in [4.69, 9.17) is 30.9 Å². The van der Waals surface area contributed by atoms with Gasteiger partial charge in [-0.15, -0.1) is 10.2 Å². The maximum absolute atomic E-state index is 13.6. The van der Waals surface area contributed by atoms with Crippen molar-refractivity contribution in [2.24, 2.45) is 0 Å². The molecule has 0 aliphatic carbocycles. The Hall–Kier alpha value is -2.53. The molecular formula is C21H19ClF3IN5O4P. The van der Waals surface area contributed by atoms with Gasteiger partial charge < -0.3 is 14.0 Å². The standard InChI is InChI=1S/C19H13ClF3IN5O4P.C2H6/c1-31-17-11(4-13(27-28-17)8-32-34-24)7-29-9-26-16(19(21,22)23)15(18(29)30)33-14-3-10(6-25)2-12(20)5-14;1-2/h2-5,9,34H,7-8H2,1H3;1-2H3. The molecule has 0 saturated heterocycles. The average molecular weight is 656 g/mol. The molecule has 0 bridgehead atoms. The molecule has 3 aromatic rings. The molecule has 9 nitrogen and oxygen atoms in total. The monoisotopic (exact) mass is 655 g/mol. The van der Waals surface area contributed by atoms with Gasteiger partial charge in [-0.05, 0) is 46.3 Å². The number of hydrogen-bond acceptors (Lipinski definition) is 8. The summed E-state index contributed by atoms with van der Waals surface area (Å²) in [5, 5.41) is 17.0. The first-order chi connectivity index (χ1) is 17.2. The van der Waals surface area contributed by atoms with Gasteiger partial charge in [0, 0.05) is 10.6 Å². The number of halogens is 5. The SMILES string of the molecule is CC.COc1nnc(COPI)cc1Cn1cnc(C(F)(F)F)c(Oc2cc(Cl)cc(C#N)c2)c1=O. The van der Waals surface area contributed by atoms with Gasteiger partial charge >= 0.3 is 6.18 Å². The number of alkyl halides is 3. The van der Waals surface area contributed by atoms with E-state index in [9.17, 15) is 18.0 Å². The quantitative estimate of drug-likeness (QED) is 0.218. The van der Waals surface area contributed by atoms with E-state index in [-0.39, 0.29) is 41.8 Å². The third-order valence-electron chi connectivity index (χ3n) is 4.18. The molecule has 1 aromatic carbocycles. The summed E-state index contributed by atoms with van der Waals surface area (Å²) >= 11 is 7.93. The number of benzene rings is 1. The lowest BCUT2D eigenvalue weighted by Gasteiger charge is -2.15. The molecule has 2 aromatic heterocycles. The molecule has 0 aliphatic rings. The second-order valence-electron chi connectivity index (χ2n) is 6.48. The molecule has 192 valence electrons. The average Bonchev–Trinajstić information content (AvgIpc) is 2.85. The van der Waals surface area contributed by atoms with E-state index in [1.54, 1.807) is 6.07 Å². The van der Waals surface area contributed by atoms with E-state index in [2.05, 4.69) is 15.2 Å². The molecule has 0 N–H and O–H groups in total. The van der Waals surface area contributed by atoms with Crippen molar-refractivity contribution in [2.75, 3.05) is 7.11 Å². The first-order valence-corrected chi connectivity index (χ1v) is 14.5. The van der Waals surface area contributed by atoms with Gasteiger partial charge in [0.05, 0.1) is 50.4 Å². The van der Waals surface area contributed by atoms with Crippen LogP contribution in [0, 0.1) is 11.3 Å². The van der Waals surface area contributed by atoms with E-state index in [1.807, 2.05) is 42.0 Å². The highest BCUT2D eigenvalue weighted by molar-refractivity contribution is 14.2. The Balaban J connectivity index is 0.00000222. The van der Waals surface area contributed by atoms with Crippen LogP contribution in [0.2, 0.25) is 5.02 Å². The summed E-state index contributed by atoms with van der Waals surface area (Å²) in [6.45, 7) is 4.09. The third kappa shape index (κ3) is 7.73. The van der Waals surface area contributed by atoms with Gasteiger partial charge in [-0.3, -0.25) is 9.36 Å². The zero-order valence-electron chi connectivity index (χ0n) is 19.1. The minimum Gasteiger partial charge on any atom is -0.480 e. The lowest BCUT2D eigenvalue weighted by Crippen LogP contribution is -2.27. The number of aromatic nitrogens is 4. The van der Waals surface area contributed by atoms with E-state index in [0.29, 0.717) is 11.3 Å². The van der Waals surface area contributed by atoms with Crippen LogP contribution in [0.5, 0.6) is 17.4 Å². The Morgan fingerprint density at radius 2 is 1.94 bits per heavy atom. The van der Waals surface area contributed by atoms with Crippen LogP contribution in [-0.2, 0) is 23.9 Å². The first kappa shape index (κ1) is 29.7. The molecule has 1 atom stereocenters. The molecule has 2 heterocycles. The van der Waals surface area contributed by atoms with Crippen molar-refractivity contribution in [1.82, 2.24) is 19.7 Å². The maximum Gasteiger partial charge on any atom is 0.437 e. The fourth-order valence-electron chi connectivity index (χ4n) is 2.79. The smallest absolute Gasteiger partial charge is 0.437 e. The van der Waals surface area contributed by atoms with Gasteiger partial charge in [0.1, 0.15) is 5.75 Å². The summed E-state index contributed by atoms with van der Waals surface area (Å²) in [5.41, 5.74) is -1.81. The zero-order chi connectivity index (χ0) is 26.9. The van der Waals surface area contributed by atoms with Crippen molar-refractivity contribution in [3.05, 3.63) is 68.5 Å². The Morgan fingerprint density at radius 1 is 1.22 bits per heavy atom. The number of ether oxygens (including phenoxy) is 2. The summed E-state index contributed by atoms with van der Waals surface area (Å²) < 4.78 is 57.4. The van der Waals surface area contributed by atoms with Crippen LogP contribution in [0.15, 0.2) is 35.4 Å². The van der Waals surface area contributed by atoms with Gasteiger partial charge in [-0.2, -0.15) is 18.4 Å². The van der Waals surface area contributed by atoms with Crippen molar-refractivity contribution in [3.63, 3.8) is 0 Å². The van der Waals surface area contributed by atoms with Crippen molar-refractivity contribution in [3.8, 4) is 23.4 Å². The summed E-state index contributed by atoms with van der Waals surface area (Å²) in [7, 11) is 1.34. The van der Waals surface area contributed by atoms with Crippen LogP contribution in [0.1, 0.15) is 36.4 Å². The second kappa shape index (κ2) is 13.7. The van der Waals surface area contributed by atoms with Crippen molar-refractivity contribution >= 4 is 40.1 Å². The van der Waals surface area contributed by atoms with Crippen molar-refractivity contribution in [2.45, 2.75) is 33.2 Å². The van der Waals surface area contributed by atoms with Gasteiger partial charge in [-0.25, -0.2) is 4.98 Å². The molecule has 15 heteroatoms. The normalized spacial score (nSPS) is 11.1. The van der Waals surface area contributed by atoms with Crippen LogP contribution < -0.4 is 15.0 Å². The predicted molar refractivity (Wildman–Crippen MR) is 136 cm³/mol. The Morgan fingerprint density at radius 3 is 2.56 bits per heavy atom. The van der Waals surface area contributed by atoms with E-state index in [1.165, 1.54) is 19.2 Å². The Labute approximate surface area is 223 Å². The van der Waals surface area contributed by atoms with Gasteiger partial charge in [0.15, 0.2) is 5.69 Å². The molecule has 0 amide bonds. The van der Waals surface area contributed by atoms with E-state index < -0.39 is 23.2 Å². The summed E-state index contributed by atoms with van der Waals surface area (Å²) in [6.07, 6.45) is -4.23. The van der Waals surface area contributed by atoms with Crippen molar-refractivity contribution < 1.29 is 27.2 Å².